The summed E-state index contributed by atoms with van der Waals surface area (Å²) in [5, 5.41) is 3.97. The van der Waals surface area contributed by atoms with Crippen molar-refractivity contribution in [3.05, 3.63) is 6.20 Å². The number of sulfone groups is 1. The van der Waals surface area contributed by atoms with E-state index < -0.39 is 9.84 Å². The summed E-state index contributed by atoms with van der Waals surface area (Å²) < 4.78 is 28.7. The summed E-state index contributed by atoms with van der Waals surface area (Å²) in [6.07, 6.45) is 4.84. The molecule has 0 aromatic carbocycles. The van der Waals surface area contributed by atoms with Crippen molar-refractivity contribution in [2.75, 3.05) is 12.0 Å². The van der Waals surface area contributed by atoms with E-state index in [0.717, 1.165) is 19.1 Å². The summed E-state index contributed by atoms with van der Waals surface area (Å²) >= 11 is 0. The van der Waals surface area contributed by atoms with Crippen molar-refractivity contribution >= 4 is 15.5 Å². The van der Waals surface area contributed by atoms with E-state index in [2.05, 4.69) is 5.10 Å². The summed E-state index contributed by atoms with van der Waals surface area (Å²) in [4.78, 5) is 0. The predicted octanol–water partition coefficient (Wildman–Crippen LogP) is 0.00860. The molecule has 0 bridgehead atoms. The lowest BCUT2D eigenvalue weighted by atomic mass is 10.6. The average Bonchev–Trinajstić information content (AvgIpc) is 2.77. The van der Waals surface area contributed by atoms with Gasteiger partial charge in [0.15, 0.2) is 9.84 Å². The SMILES string of the molecule is CS(=O)(=O)Cn1cc(N)c(OC2CC2)n1. The van der Waals surface area contributed by atoms with E-state index in [-0.39, 0.29) is 12.0 Å². The molecule has 1 fully saturated rings. The Balaban J connectivity index is 2.12. The third kappa shape index (κ3) is 2.85. The van der Waals surface area contributed by atoms with E-state index in [4.69, 9.17) is 10.5 Å². The number of nitrogens with two attached hydrogens (primary N) is 1. The largest absolute Gasteiger partial charge is 0.472 e. The Morgan fingerprint density at radius 3 is 2.87 bits per heavy atom. The minimum Gasteiger partial charge on any atom is -0.472 e. The van der Waals surface area contributed by atoms with Crippen molar-refractivity contribution in [1.29, 1.82) is 0 Å². The molecule has 0 saturated heterocycles. The van der Waals surface area contributed by atoms with Crippen LogP contribution in [-0.2, 0) is 15.7 Å². The molecule has 1 aliphatic carbocycles. The highest BCUT2D eigenvalue weighted by Crippen LogP contribution is 2.29. The van der Waals surface area contributed by atoms with Crippen LogP contribution in [0, 0.1) is 0 Å². The van der Waals surface area contributed by atoms with Crippen LogP contribution in [0.15, 0.2) is 6.20 Å². The van der Waals surface area contributed by atoms with Crippen molar-refractivity contribution in [2.45, 2.75) is 24.8 Å². The third-order valence-electron chi connectivity index (χ3n) is 1.92. The maximum absolute atomic E-state index is 11.0. The van der Waals surface area contributed by atoms with E-state index in [9.17, 15) is 8.42 Å². The van der Waals surface area contributed by atoms with Crippen molar-refractivity contribution in [3.63, 3.8) is 0 Å². The van der Waals surface area contributed by atoms with Crippen LogP contribution in [0.5, 0.6) is 5.88 Å². The normalized spacial score (nSPS) is 16.6. The zero-order valence-corrected chi connectivity index (χ0v) is 9.20. The molecule has 6 nitrogen and oxygen atoms in total. The van der Waals surface area contributed by atoms with Gasteiger partial charge in [0, 0.05) is 6.26 Å². The fourth-order valence-electron chi connectivity index (χ4n) is 1.16. The molecule has 0 aliphatic heterocycles. The van der Waals surface area contributed by atoms with Crippen molar-refractivity contribution in [3.8, 4) is 5.88 Å². The fraction of sp³-hybridized carbons (Fsp3) is 0.625. The Labute approximate surface area is 87.9 Å². The van der Waals surface area contributed by atoms with Crippen LogP contribution in [0.1, 0.15) is 12.8 Å². The Morgan fingerprint density at radius 2 is 2.33 bits per heavy atom. The molecule has 1 saturated carbocycles. The van der Waals surface area contributed by atoms with Crippen LogP contribution in [0.2, 0.25) is 0 Å². The van der Waals surface area contributed by atoms with E-state index in [1.807, 2.05) is 0 Å². The van der Waals surface area contributed by atoms with Gasteiger partial charge in [0.25, 0.3) is 5.88 Å². The Hall–Kier alpha value is -1.24. The van der Waals surface area contributed by atoms with Crippen LogP contribution < -0.4 is 10.5 Å². The van der Waals surface area contributed by atoms with Gasteiger partial charge in [-0.05, 0) is 12.8 Å². The van der Waals surface area contributed by atoms with Gasteiger partial charge in [-0.1, -0.05) is 0 Å². The molecule has 2 rings (SSSR count). The lowest BCUT2D eigenvalue weighted by Gasteiger charge is -1.99. The first-order valence-corrected chi connectivity index (χ1v) is 6.67. The highest BCUT2D eigenvalue weighted by atomic mass is 32.2. The molecule has 7 heteroatoms. The van der Waals surface area contributed by atoms with E-state index >= 15 is 0 Å². The number of rotatable bonds is 4. The topological polar surface area (TPSA) is 87.2 Å². The molecule has 0 spiro atoms. The maximum Gasteiger partial charge on any atom is 0.256 e. The highest BCUT2D eigenvalue weighted by Gasteiger charge is 2.25. The summed E-state index contributed by atoms with van der Waals surface area (Å²) in [7, 11) is -3.10. The van der Waals surface area contributed by atoms with Gasteiger partial charge < -0.3 is 10.5 Å². The number of aromatic nitrogens is 2. The third-order valence-corrected chi connectivity index (χ3v) is 2.66. The van der Waals surface area contributed by atoms with E-state index in [1.165, 1.54) is 10.9 Å². The smallest absolute Gasteiger partial charge is 0.256 e. The van der Waals surface area contributed by atoms with Crippen LogP contribution in [-0.4, -0.2) is 30.6 Å². The Kier molecular flexibility index (Phi) is 2.34. The summed E-state index contributed by atoms with van der Waals surface area (Å²) in [6, 6.07) is 0. The zero-order chi connectivity index (χ0) is 11.1. The van der Waals surface area contributed by atoms with Gasteiger partial charge in [-0.15, -0.1) is 5.10 Å². The minimum absolute atomic E-state index is 0.175. The van der Waals surface area contributed by atoms with Gasteiger partial charge in [0.2, 0.25) is 0 Å². The van der Waals surface area contributed by atoms with Gasteiger partial charge in [0.1, 0.15) is 17.7 Å². The lowest BCUT2D eigenvalue weighted by Crippen LogP contribution is -2.09. The lowest BCUT2D eigenvalue weighted by molar-refractivity contribution is 0.289. The number of hydrogen-bond donors (Lipinski definition) is 1. The first-order chi connectivity index (χ1) is 6.94. The molecule has 84 valence electrons. The fourth-order valence-corrected chi connectivity index (χ4v) is 1.77. The van der Waals surface area contributed by atoms with Crippen LogP contribution in [0.3, 0.4) is 0 Å². The molecular formula is C8H13N3O3S. The molecule has 0 amide bonds. The van der Waals surface area contributed by atoms with Crippen LogP contribution >= 0.6 is 0 Å². The molecule has 1 aliphatic rings. The molecule has 0 unspecified atom stereocenters. The summed E-state index contributed by atoms with van der Waals surface area (Å²) in [5.41, 5.74) is 6.01. The molecular weight excluding hydrogens is 218 g/mol. The Morgan fingerprint density at radius 1 is 1.67 bits per heavy atom. The van der Waals surface area contributed by atoms with Crippen LogP contribution in [0.25, 0.3) is 0 Å². The molecule has 2 N–H and O–H groups in total. The molecule has 15 heavy (non-hydrogen) atoms. The number of nitrogen functional groups attached to an aromatic ring is 1. The molecule has 0 atom stereocenters. The second-order valence-electron chi connectivity index (χ2n) is 3.80. The standard InChI is InChI=1S/C8H13N3O3S/c1-15(12,13)5-11-4-7(9)8(10-11)14-6-2-3-6/h4,6H,2-3,5,9H2,1H3. The quantitative estimate of drug-likeness (QED) is 0.788. The molecule has 0 radical (unpaired) electrons. The average molecular weight is 231 g/mol. The van der Waals surface area contributed by atoms with Gasteiger partial charge in [-0.25, -0.2) is 8.42 Å². The van der Waals surface area contributed by atoms with Gasteiger partial charge >= 0.3 is 0 Å². The van der Waals surface area contributed by atoms with Crippen molar-refractivity contribution in [1.82, 2.24) is 9.78 Å². The van der Waals surface area contributed by atoms with Crippen molar-refractivity contribution in [2.24, 2.45) is 0 Å². The highest BCUT2D eigenvalue weighted by molar-refractivity contribution is 7.89. The summed E-state index contributed by atoms with van der Waals surface area (Å²) in [5.74, 6) is 0.159. The predicted molar refractivity (Wildman–Crippen MR) is 55.1 cm³/mol. The van der Waals surface area contributed by atoms with Gasteiger partial charge in [-0.3, -0.25) is 4.68 Å². The van der Waals surface area contributed by atoms with Crippen LogP contribution in [0.4, 0.5) is 5.69 Å². The summed E-state index contributed by atoms with van der Waals surface area (Å²) in [6.45, 7) is 0. The monoisotopic (exact) mass is 231 g/mol. The van der Waals surface area contributed by atoms with Gasteiger partial charge in [-0.2, -0.15) is 0 Å². The van der Waals surface area contributed by atoms with Crippen molar-refractivity contribution < 1.29 is 13.2 Å². The minimum atomic E-state index is -3.10. The molecule has 1 aromatic heterocycles. The number of nitrogens with zero attached hydrogens (tertiary/aromatic N) is 2. The molecule has 1 heterocycles. The first-order valence-electron chi connectivity index (χ1n) is 4.61. The van der Waals surface area contributed by atoms with Gasteiger partial charge in [0.05, 0.1) is 6.20 Å². The van der Waals surface area contributed by atoms with E-state index in [0.29, 0.717) is 11.6 Å². The second kappa shape index (κ2) is 3.41. The first kappa shape index (κ1) is 10.3. The maximum atomic E-state index is 11.0. The zero-order valence-electron chi connectivity index (χ0n) is 8.38. The number of hydrogen-bond acceptors (Lipinski definition) is 5. The Bertz CT molecular complexity index is 461. The number of anilines is 1. The van der Waals surface area contributed by atoms with E-state index in [1.54, 1.807) is 0 Å². The number of ether oxygens (including phenoxy) is 1. The second-order valence-corrected chi connectivity index (χ2v) is 5.91. The molecule has 1 aromatic rings.